The van der Waals surface area contributed by atoms with Crippen LogP contribution < -0.4 is 11.1 Å². The van der Waals surface area contributed by atoms with E-state index in [1.54, 1.807) is 0 Å². The van der Waals surface area contributed by atoms with Crippen molar-refractivity contribution in [1.82, 2.24) is 15.3 Å². The van der Waals surface area contributed by atoms with Gasteiger partial charge in [-0.1, -0.05) is 11.6 Å². The first-order valence-corrected chi connectivity index (χ1v) is 6.87. The first-order valence-electron chi connectivity index (χ1n) is 5.61. The largest absolute Gasteiger partial charge is 0.384 e. The van der Waals surface area contributed by atoms with Crippen LogP contribution in [0.15, 0.2) is 17.5 Å². The van der Waals surface area contributed by atoms with Crippen molar-refractivity contribution in [3.05, 3.63) is 38.9 Å². The minimum Gasteiger partial charge on any atom is -0.384 e. The molecule has 1 atom stereocenters. The lowest BCUT2D eigenvalue weighted by Gasteiger charge is -2.11. The first-order chi connectivity index (χ1) is 8.95. The van der Waals surface area contributed by atoms with E-state index in [1.165, 1.54) is 23.5 Å². The van der Waals surface area contributed by atoms with E-state index < -0.39 is 0 Å². The third-order valence-corrected chi connectivity index (χ3v) is 3.77. The first kappa shape index (κ1) is 13.8. The van der Waals surface area contributed by atoms with Gasteiger partial charge in [0.05, 0.1) is 6.04 Å². The van der Waals surface area contributed by atoms with E-state index in [2.05, 4.69) is 15.3 Å². The van der Waals surface area contributed by atoms with E-state index in [9.17, 15) is 4.79 Å². The summed E-state index contributed by atoms with van der Waals surface area (Å²) in [6.07, 6.45) is 0. The highest BCUT2D eigenvalue weighted by Crippen LogP contribution is 2.19. The Kier molecular flexibility index (Phi) is 4.01. The summed E-state index contributed by atoms with van der Waals surface area (Å²) >= 11 is 7.28. The molecule has 0 radical (unpaired) electrons. The lowest BCUT2D eigenvalue weighted by atomic mass is 10.2. The summed E-state index contributed by atoms with van der Waals surface area (Å²) in [7, 11) is 0. The fourth-order valence-corrected chi connectivity index (χ4v) is 2.58. The predicted octanol–water partition coefficient (Wildman–Crippen LogP) is 2.57. The van der Waals surface area contributed by atoms with Crippen LogP contribution in [0.25, 0.3) is 0 Å². The molecule has 0 aromatic carbocycles. The average Bonchev–Trinajstić information content (AvgIpc) is 2.74. The Balaban J connectivity index is 2.12. The fraction of sp³-hybridized carbons (Fsp3) is 0.250. The van der Waals surface area contributed by atoms with Gasteiger partial charge in [0.25, 0.3) is 5.91 Å². The summed E-state index contributed by atoms with van der Waals surface area (Å²) in [5, 5.41) is 5.85. The zero-order chi connectivity index (χ0) is 14.0. The second kappa shape index (κ2) is 5.54. The molecule has 7 heteroatoms. The number of rotatable bonds is 3. The Morgan fingerprint density at radius 2 is 2.21 bits per heavy atom. The highest BCUT2D eigenvalue weighted by molar-refractivity contribution is 7.09. The molecule has 2 aromatic rings. The number of pyridine rings is 1. The van der Waals surface area contributed by atoms with Crippen molar-refractivity contribution in [2.24, 2.45) is 0 Å². The van der Waals surface area contributed by atoms with E-state index in [0.717, 1.165) is 10.7 Å². The third kappa shape index (κ3) is 3.42. The quantitative estimate of drug-likeness (QED) is 0.853. The molecule has 0 bridgehead atoms. The molecule has 0 fully saturated rings. The van der Waals surface area contributed by atoms with Crippen LogP contribution in [0.2, 0.25) is 5.15 Å². The Labute approximate surface area is 119 Å². The molecule has 19 heavy (non-hydrogen) atoms. The molecule has 0 saturated carbocycles. The Morgan fingerprint density at radius 1 is 1.47 bits per heavy atom. The molecule has 0 saturated heterocycles. The van der Waals surface area contributed by atoms with Gasteiger partial charge in [-0.05, 0) is 26.0 Å². The number of carbonyl (C=O) groups excluding carboxylic acids is 1. The number of nitrogens with one attached hydrogen (secondary N) is 1. The zero-order valence-electron chi connectivity index (χ0n) is 10.5. The maximum Gasteiger partial charge on any atom is 0.252 e. The van der Waals surface area contributed by atoms with Crippen LogP contribution in [0.1, 0.15) is 34.0 Å². The van der Waals surface area contributed by atoms with Crippen molar-refractivity contribution in [2.45, 2.75) is 19.9 Å². The molecule has 0 spiro atoms. The number of anilines is 1. The maximum atomic E-state index is 12.1. The molecule has 3 N–H and O–H groups in total. The van der Waals surface area contributed by atoms with Crippen molar-refractivity contribution >= 4 is 34.7 Å². The molecule has 1 unspecified atom stereocenters. The average molecular weight is 297 g/mol. The zero-order valence-corrected chi connectivity index (χ0v) is 12.0. The summed E-state index contributed by atoms with van der Waals surface area (Å²) in [4.78, 5) is 20.2. The molecule has 0 aliphatic heterocycles. The number of carbonyl (C=O) groups is 1. The normalized spacial score (nSPS) is 12.2. The highest BCUT2D eigenvalue weighted by atomic mass is 35.5. The summed E-state index contributed by atoms with van der Waals surface area (Å²) in [5.74, 6) is -0.0354. The Morgan fingerprint density at radius 3 is 2.79 bits per heavy atom. The van der Waals surface area contributed by atoms with E-state index in [0.29, 0.717) is 5.56 Å². The Hall–Kier alpha value is -1.66. The molecular weight excluding hydrogens is 284 g/mol. The number of amides is 1. The number of hydrogen-bond acceptors (Lipinski definition) is 5. The molecular formula is C12H13ClN4OS. The summed E-state index contributed by atoms with van der Waals surface area (Å²) in [6, 6.07) is 2.80. The Bertz CT molecular complexity index is 593. The van der Waals surface area contributed by atoms with Crippen LogP contribution >= 0.6 is 22.9 Å². The number of nitrogens with zero attached hydrogens (tertiary/aromatic N) is 2. The summed E-state index contributed by atoms with van der Waals surface area (Å²) in [6.45, 7) is 3.79. The molecule has 2 aromatic heterocycles. The fourth-order valence-electron chi connectivity index (χ4n) is 1.56. The summed E-state index contributed by atoms with van der Waals surface area (Å²) < 4.78 is 0. The van der Waals surface area contributed by atoms with Crippen molar-refractivity contribution in [1.29, 1.82) is 0 Å². The van der Waals surface area contributed by atoms with Gasteiger partial charge in [0.1, 0.15) is 16.0 Å². The van der Waals surface area contributed by atoms with Crippen molar-refractivity contribution in [3.8, 4) is 0 Å². The molecule has 0 aliphatic rings. The van der Waals surface area contributed by atoms with E-state index in [1.807, 2.05) is 19.2 Å². The monoisotopic (exact) mass is 296 g/mol. The van der Waals surface area contributed by atoms with E-state index >= 15 is 0 Å². The number of nitrogens with two attached hydrogens (primary N) is 1. The number of halogens is 1. The molecule has 2 rings (SSSR count). The van der Waals surface area contributed by atoms with E-state index in [-0.39, 0.29) is 22.9 Å². The van der Waals surface area contributed by atoms with Crippen LogP contribution in [-0.4, -0.2) is 15.9 Å². The van der Waals surface area contributed by atoms with Crippen molar-refractivity contribution in [3.63, 3.8) is 0 Å². The highest BCUT2D eigenvalue weighted by Gasteiger charge is 2.15. The second-order valence-electron chi connectivity index (χ2n) is 4.13. The molecule has 0 aliphatic carbocycles. The summed E-state index contributed by atoms with van der Waals surface area (Å²) in [5.41, 5.74) is 6.89. The van der Waals surface area contributed by atoms with Gasteiger partial charge in [0.15, 0.2) is 0 Å². The number of aryl methyl sites for hydroxylation is 1. The lowest BCUT2D eigenvalue weighted by molar-refractivity contribution is 0.0939. The number of nitrogen functional groups attached to an aromatic ring is 1. The molecule has 100 valence electrons. The van der Waals surface area contributed by atoms with Crippen molar-refractivity contribution in [2.75, 3.05) is 5.73 Å². The van der Waals surface area contributed by atoms with Gasteiger partial charge in [-0.2, -0.15) is 0 Å². The van der Waals surface area contributed by atoms with E-state index in [4.69, 9.17) is 17.3 Å². The van der Waals surface area contributed by atoms with Gasteiger partial charge in [-0.15, -0.1) is 11.3 Å². The van der Waals surface area contributed by atoms with Crippen molar-refractivity contribution < 1.29 is 4.79 Å². The molecule has 1 amide bonds. The smallest absolute Gasteiger partial charge is 0.252 e. The second-order valence-corrected chi connectivity index (χ2v) is 5.40. The number of hydrogen-bond donors (Lipinski definition) is 2. The minimum absolute atomic E-state index is 0.167. The topological polar surface area (TPSA) is 80.9 Å². The van der Waals surface area contributed by atoms with Crippen LogP contribution in [0.3, 0.4) is 0 Å². The lowest BCUT2D eigenvalue weighted by Crippen LogP contribution is -2.26. The van der Waals surface area contributed by atoms with Crippen LogP contribution in [-0.2, 0) is 0 Å². The number of aromatic nitrogens is 2. The van der Waals surface area contributed by atoms with Gasteiger partial charge < -0.3 is 11.1 Å². The predicted molar refractivity (Wildman–Crippen MR) is 76.4 cm³/mol. The van der Waals surface area contributed by atoms with Gasteiger partial charge in [0, 0.05) is 16.6 Å². The van der Waals surface area contributed by atoms with Gasteiger partial charge >= 0.3 is 0 Å². The third-order valence-electron chi connectivity index (χ3n) is 2.43. The van der Waals surface area contributed by atoms with Gasteiger partial charge in [-0.3, -0.25) is 4.79 Å². The van der Waals surface area contributed by atoms with Crippen LogP contribution in [0, 0.1) is 6.92 Å². The SMILES string of the molecule is Cc1csc(C(C)NC(=O)c2cc(N)nc(Cl)c2)n1. The van der Waals surface area contributed by atoms with Crippen LogP contribution in [0.5, 0.6) is 0 Å². The number of thiazole rings is 1. The molecule has 2 heterocycles. The standard InChI is InChI=1S/C12H13ClN4OS/c1-6-5-19-12(15-6)7(2)16-11(18)8-3-9(13)17-10(14)4-8/h3-5,7H,1-2H3,(H2,14,17)(H,16,18). The molecule has 5 nitrogen and oxygen atoms in total. The van der Waals surface area contributed by atoms with Gasteiger partial charge in [-0.25, -0.2) is 9.97 Å². The van der Waals surface area contributed by atoms with Crippen LogP contribution in [0.4, 0.5) is 5.82 Å². The van der Waals surface area contributed by atoms with Gasteiger partial charge in [0.2, 0.25) is 0 Å². The minimum atomic E-state index is -0.253. The maximum absolute atomic E-state index is 12.1.